The summed E-state index contributed by atoms with van der Waals surface area (Å²) in [6.45, 7) is -0.262. The number of nitrogens with one attached hydrogen (secondary N) is 1. The van der Waals surface area contributed by atoms with Gasteiger partial charge in [0.2, 0.25) is 0 Å². The first-order valence-corrected chi connectivity index (χ1v) is 7.37. The molecule has 114 valence electrons. The molecule has 0 fully saturated rings. The second-order valence-electron chi connectivity index (χ2n) is 4.24. The monoisotopic (exact) mass is 384 g/mol. The van der Waals surface area contributed by atoms with E-state index >= 15 is 0 Å². The van der Waals surface area contributed by atoms with Gasteiger partial charge in [0.1, 0.15) is 5.82 Å². The van der Waals surface area contributed by atoms with Gasteiger partial charge in [0.05, 0.1) is 11.2 Å². The SMILES string of the molecule is O=C(CO/N=C\c1ccc(Br)cc1)Nc1ccc(F)c(Cl)c1. The van der Waals surface area contributed by atoms with Crippen LogP contribution in [0.2, 0.25) is 5.02 Å². The molecule has 0 aromatic heterocycles. The van der Waals surface area contributed by atoms with E-state index in [1.807, 2.05) is 24.3 Å². The van der Waals surface area contributed by atoms with Gasteiger partial charge in [0.15, 0.2) is 6.61 Å². The molecular weight excluding hydrogens is 375 g/mol. The van der Waals surface area contributed by atoms with E-state index < -0.39 is 11.7 Å². The zero-order valence-corrected chi connectivity index (χ0v) is 13.6. The molecule has 2 rings (SSSR count). The first kappa shape index (κ1) is 16.5. The summed E-state index contributed by atoms with van der Waals surface area (Å²) in [4.78, 5) is 16.5. The molecule has 0 spiro atoms. The molecule has 22 heavy (non-hydrogen) atoms. The van der Waals surface area contributed by atoms with Crippen LogP contribution in [-0.4, -0.2) is 18.7 Å². The Kier molecular flexibility index (Phi) is 5.91. The predicted molar refractivity (Wildman–Crippen MR) is 87.7 cm³/mol. The average molecular weight is 386 g/mol. The van der Waals surface area contributed by atoms with Crippen molar-refractivity contribution >= 4 is 45.3 Å². The Hall–Kier alpha value is -1.92. The molecule has 0 aliphatic heterocycles. The van der Waals surface area contributed by atoms with Gasteiger partial charge in [0, 0.05) is 10.2 Å². The van der Waals surface area contributed by atoms with Crippen molar-refractivity contribution in [2.45, 2.75) is 0 Å². The van der Waals surface area contributed by atoms with Crippen molar-refractivity contribution in [3.63, 3.8) is 0 Å². The molecule has 0 bridgehead atoms. The maximum Gasteiger partial charge on any atom is 0.265 e. The highest BCUT2D eigenvalue weighted by atomic mass is 79.9. The second-order valence-corrected chi connectivity index (χ2v) is 5.56. The Morgan fingerprint density at radius 3 is 2.73 bits per heavy atom. The Bertz CT molecular complexity index is 692. The Labute approximate surface area is 140 Å². The highest BCUT2D eigenvalue weighted by molar-refractivity contribution is 9.10. The van der Waals surface area contributed by atoms with E-state index in [0.29, 0.717) is 5.69 Å². The van der Waals surface area contributed by atoms with Gasteiger partial charge in [-0.2, -0.15) is 0 Å². The Morgan fingerprint density at radius 2 is 2.05 bits per heavy atom. The second kappa shape index (κ2) is 7.91. The summed E-state index contributed by atoms with van der Waals surface area (Å²) < 4.78 is 13.9. The van der Waals surface area contributed by atoms with Crippen molar-refractivity contribution in [1.29, 1.82) is 0 Å². The van der Waals surface area contributed by atoms with Gasteiger partial charge < -0.3 is 10.2 Å². The molecule has 1 amide bonds. The summed E-state index contributed by atoms with van der Waals surface area (Å²) in [5.74, 6) is -0.967. The van der Waals surface area contributed by atoms with E-state index in [1.54, 1.807) is 0 Å². The van der Waals surface area contributed by atoms with Gasteiger partial charge in [-0.1, -0.05) is 44.8 Å². The van der Waals surface area contributed by atoms with Crippen molar-refractivity contribution in [3.8, 4) is 0 Å². The fourth-order valence-corrected chi connectivity index (χ4v) is 1.96. The number of hydrogen-bond donors (Lipinski definition) is 1. The number of anilines is 1. The molecule has 0 aliphatic carbocycles. The lowest BCUT2D eigenvalue weighted by molar-refractivity contribution is -0.120. The number of benzene rings is 2. The summed E-state index contributed by atoms with van der Waals surface area (Å²) >= 11 is 8.94. The smallest absolute Gasteiger partial charge is 0.265 e. The normalized spacial score (nSPS) is 10.7. The van der Waals surface area contributed by atoms with Crippen LogP contribution in [0.25, 0.3) is 0 Å². The minimum Gasteiger partial charge on any atom is -0.386 e. The zero-order chi connectivity index (χ0) is 15.9. The van der Waals surface area contributed by atoms with Gasteiger partial charge in [-0.05, 0) is 35.9 Å². The van der Waals surface area contributed by atoms with Crippen LogP contribution >= 0.6 is 27.5 Å². The molecule has 0 saturated heterocycles. The van der Waals surface area contributed by atoms with Gasteiger partial charge in [0.25, 0.3) is 5.91 Å². The largest absolute Gasteiger partial charge is 0.386 e. The molecule has 1 N–H and O–H groups in total. The molecule has 0 aliphatic rings. The van der Waals surface area contributed by atoms with Crippen LogP contribution < -0.4 is 5.32 Å². The molecule has 0 atom stereocenters. The zero-order valence-electron chi connectivity index (χ0n) is 11.2. The molecule has 4 nitrogen and oxygen atoms in total. The third-order valence-electron chi connectivity index (χ3n) is 2.55. The van der Waals surface area contributed by atoms with Crippen molar-refractivity contribution in [2.75, 3.05) is 11.9 Å². The number of halogens is 3. The number of rotatable bonds is 5. The van der Waals surface area contributed by atoms with Crippen LogP contribution in [0.4, 0.5) is 10.1 Å². The highest BCUT2D eigenvalue weighted by Gasteiger charge is 2.05. The number of amides is 1. The number of oxime groups is 1. The summed E-state index contributed by atoms with van der Waals surface area (Å²) in [6.07, 6.45) is 1.49. The van der Waals surface area contributed by atoms with Crippen LogP contribution in [0.15, 0.2) is 52.1 Å². The number of hydrogen-bond acceptors (Lipinski definition) is 3. The first-order valence-electron chi connectivity index (χ1n) is 6.20. The minimum atomic E-state index is -0.546. The fraction of sp³-hybridized carbons (Fsp3) is 0.0667. The first-order chi connectivity index (χ1) is 10.5. The van der Waals surface area contributed by atoms with Crippen molar-refractivity contribution < 1.29 is 14.0 Å². The maximum absolute atomic E-state index is 13.0. The summed E-state index contributed by atoms with van der Waals surface area (Å²) in [5.41, 5.74) is 1.23. The standard InChI is InChI=1S/C15H11BrClFN2O2/c16-11-3-1-10(2-4-11)8-19-22-9-15(21)20-12-5-6-14(18)13(17)7-12/h1-8H,9H2,(H,20,21)/b19-8-. The van der Waals surface area contributed by atoms with Gasteiger partial charge in [-0.3, -0.25) is 4.79 Å². The van der Waals surface area contributed by atoms with Crippen LogP contribution in [0.3, 0.4) is 0 Å². The number of carbonyl (C=O) groups excluding carboxylic acids is 1. The average Bonchev–Trinajstić information content (AvgIpc) is 2.49. The van der Waals surface area contributed by atoms with Crippen molar-refractivity contribution in [3.05, 3.63) is 63.3 Å². The lowest BCUT2D eigenvalue weighted by atomic mass is 10.2. The Morgan fingerprint density at radius 1 is 1.32 bits per heavy atom. The van der Waals surface area contributed by atoms with Gasteiger partial charge >= 0.3 is 0 Å². The maximum atomic E-state index is 13.0. The van der Waals surface area contributed by atoms with Crippen molar-refractivity contribution in [1.82, 2.24) is 0 Å². The van der Waals surface area contributed by atoms with E-state index in [0.717, 1.165) is 10.0 Å². The summed E-state index contributed by atoms with van der Waals surface area (Å²) in [6, 6.07) is 11.3. The van der Waals surface area contributed by atoms with E-state index in [4.69, 9.17) is 16.4 Å². The van der Waals surface area contributed by atoms with E-state index in [2.05, 4.69) is 26.4 Å². The van der Waals surface area contributed by atoms with Gasteiger partial charge in [-0.25, -0.2) is 4.39 Å². The number of carbonyl (C=O) groups is 1. The number of nitrogens with zero attached hydrogens (tertiary/aromatic N) is 1. The lowest BCUT2D eigenvalue weighted by Gasteiger charge is -2.05. The van der Waals surface area contributed by atoms with Crippen molar-refractivity contribution in [2.24, 2.45) is 5.16 Å². The molecule has 0 heterocycles. The third kappa shape index (κ3) is 5.13. The highest BCUT2D eigenvalue weighted by Crippen LogP contribution is 2.19. The molecule has 0 unspecified atom stereocenters. The van der Waals surface area contributed by atoms with Crippen LogP contribution in [0.1, 0.15) is 5.56 Å². The van der Waals surface area contributed by atoms with Crippen LogP contribution in [0.5, 0.6) is 0 Å². The van der Waals surface area contributed by atoms with E-state index in [-0.39, 0.29) is 11.6 Å². The van der Waals surface area contributed by atoms with Crippen LogP contribution in [0, 0.1) is 5.82 Å². The topological polar surface area (TPSA) is 50.7 Å². The summed E-state index contributed by atoms with van der Waals surface area (Å²) in [5, 5.41) is 6.16. The quantitative estimate of drug-likeness (QED) is 0.618. The summed E-state index contributed by atoms with van der Waals surface area (Å²) in [7, 11) is 0. The predicted octanol–water partition coefficient (Wildman–Crippen LogP) is 4.23. The molecule has 0 radical (unpaired) electrons. The molecule has 2 aromatic rings. The fourth-order valence-electron chi connectivity index (χ4n) is 1.51. The minimum absolute atomic E-state index is 0.0630. The van der Waals surface area contributed by atoms with E-state index in [1.165, 1.54) is 24.4 Å². The molecule has 2 aromatic carbocycles. The van der Waals surface area contributed by atoms with Gasteiger partial charge in [-0.15, -0.1) is 0 Å². The molecular formula is C15H11BrClFN2O2. The molecule has 7 heteroatoms. The van der Waals surface area contributed by atoms with E-state index in [9.17, 15) is 9.18 Å². The Balaban J connectivity index is 1.80. The molecule has 0 saturated carbocycles. The lowest BCUT2D eigenvalue weighted by Crippen LogP contribution is -2.17. The van der Waals surface area contributed by atoms with Crippen LogP contribution in [-0.2, 0) is 9.63 Å². The third-order valence-corrected chi connectivity index (χ3v) is 3.36.